The van der Waals surface area contributed by atoms with Crippen molar-refractivity contribution in [2.45, 2.75) is 38.5 Å². The summed E-state index contributed by atoms with van der Waals surface area (Å²) in [5, 5.41) is 0. The summed E-state index contributed by atoms with van der Waals surface area (Å²) >= 11 is 0. The summed E-state index contributed by atoms with van der Waals surface area (Å²) in [6, 6.07) is 1.16. The van der Waals surface area contributed by atoms with Crippen LogP contribution in [0.1, 0.15) is 49.1 Å². The Bertz CT molecular complexity index is 800. The summed E-state index contributed by atoms with van der Waals surface area (Å²) in [6.45, 7) is 2.61. The summed E-state index contributed by atoms with van der Waals surface area (Å²) in [7, 11) is 1.38. The molecule has 1 aromatic rings. The van der Waals surface area contributed by atoms with Gasteiger partial charge in [-0.1, -0.05) is 6.42 Å². The predicted molar refractivity (Wildman–Crippen MR) is 97.6 cm³/mol. The molecule has 7 heteroatoms. The highest BCUT2D eigenvalue weighted by atomic mass is 16.5. The van der Waals surface area contributed by atoms with Crippen LogP contribution >= 0.6 is 0 Å². The quantitative estimate of drug-likeness (QED) is 0.804. The van der Waals surface area contributed by atoms with E-state index in [0.29, 0.717) is 25.4 Å². The van der Waals surface area contributed by atoms with Crippen LogP contribution in [0.5, 0.6) is 5.75 Å². The van der Waals surface area contributed by atoms with E-state index >= 15 is 0 Å². The fraction of sp³-hybridized carbons (Fsp3) is 0.650. The largest absolute Gasteiger partial charge is 0.490 e. The molecule has 2 saturated heterocycles. The van der Waals surface area contributed by atoms with Crippen LogP contribution in [0.3, 0.4) is 0 Å². The van der Waals surface area contributed by atoms with Crippen molar-refractivity contribution in [3.05, 3.63) is 28.3 Å². The van der Waals surface area contributed by atoms with Gasteiger partial charge in [0.15, 0.2) is 5.76 Å². The Labute approximate surface area is 158 Å². The lowest BCUT2D eigenvalue weighted by Gasteiger charge is -2.42. The molecule has 1 aromatic heterocycles. The molecule has 2 aliphatic heterocycles. The summed E-state index contributed by atoms with van der Waals surface area (Å²) in [6.07, 6.45) is 7.36. The minimum Gasteiger partial charge on any atom is -0.490 e. The third-order valence-corrected chi connectivity index (χ3v) is 6.40. The van der Waals surface area contributed by atoms with Gasteiger partial charge in [-0.15, -0.1) is 0 Å². The van der Waals surface area contributed by atoms with Crippen LogP contribution in [0, 0.1) is 11.3 Å². The Kier molecular flexibility index (Phi) is 4.70. The zero-order valence-corrected chi connectivity index (χ0v) is 15.7. The molecule has 3 aliphatic rings. The van der Waals surface area contributed by atoms with Crippen LogP contribution in [0.4, 0.5) is 0 Å². The number of carbonyl (C=O) groups is 2. The van der Waals surface area contributed by atoms with Crippen LogP contribution in [0.25, 0.3) is 0 Å². The zero-order valence-electron chi connectivity index (χ0n) is 15.7. The van der Waals surface area contributed by atoms with E-state index in [4.69, 9.17) is 9.15 Å². The topological polar surface area (TPSA) is 80.1 Å². The molecular formula is C20H26N2O5. The van der Waals surface area contributed by atoms with Gasteiger partial charge in [0, 0.05) is 32.2 Å². The van der Waals surface area contributed by atoms with Crippen molar-refractivity contribution in [2.75, 3.05) is 33.3 Å². The fourth-order valence-electron chi connectivity index (χ4n) is 4.55. The van der Waals surface area contributed by atoms with Crippen molar-refractivity contribution in [1.29, 1.82) is 0 Å². The highest BCUT2D eigenvalue weighted by molar-refractivity contribution is 5.93. The molecular weight excluding hydrogens is 348 g/mol. The van der Waals surface area contributed by atoms with Crippen LogP contribution in [0.15, 0.2) is 21.5 Å². The first kappa shape index (κ1) is 18.1. The lowest BCUT2D eigenvalue weighted by Crippen LogP contribution is -2.52. The van der Waals surface area contributed by atoms with E-state index in [0.717, 1.165) is 38.3 Å². The van der Waals surface area contributed by atoms with Crippen molar-refractivity contribution >= 4 is 11.8 Å². The molecule has 1 spiro atoms. The number of hydrogen-bond acceptors (Lipinski definition) is 5. The number of ether oxygens (including phenoxy) is 1. The molecule has 2 amide bonds. The molecule has 1 saturated carbocycles. The van der Waals surface area contributed by atoms with Gasteiger partial charge in [-0.2, -0.15) is 0 Å². The SMILES string of the molecule is COc1coc(C(=O)N2CC[C@]3(CCCN(CC4CCC4)C3=O)C2)cc1=O. The monoisotopic (exact) mass is 374 g/mol. The first-order valence-corrected chi connectivity index (χ1v) is 9.78. The molecule has 0 bridgehead atoms. The maximum absolute atomic E-state index is 13.2. The van der Waals surface area contributed by atoms with E-state index < -0.39 is 5.41 Å². The minimum absolute atomic E-state index is 0.00701. The number of amides is 2. The number of hydrogen-bond donors (Lipinski definition) is 0. The summed E-state index contributed by atoms with van der Waals surface area (Å²) in [5.74, 6) is 0.574. The molecule has 0 radical (unpaired) electrons. The molecule has 0 aromatic carbocycles. The van der Waals surface area contributed by atoms with Gasteiger partial charge in [0.2, 0.25) is 17.1 Å². The van der Waals surface area contributed by atoms with Gasteiger partial charge >= 0.3 is 0 Å². The Balaban J connectivity index is 1.46. The van der Waals surface area contributed by atoms with Gasteiger partial charge in [-0.3, -0.25) is 14.4 Å². The number of likely N-dealkylation sites (tertiary alicyclic amines) is 2. The van der Waals surface area contributed by atoms with Crippen LogP contribution in [0.2, 0.25) is 0 Å². The fourth-order valence-corrected chi connectivity index (χ4v) is 4.55. The average Bonchev–Trinajstić information content (AvgIpc) is 3.06. The first-order chi connectivity index (χ1) is 13.0. The maximum atomic E-state index is 13.2. The predicted octanol–water partition coefficient (Wildman–Crippen LogP) is 1.90. The normalized spacial score (nSPS) is 25.7. The van der Waals surface area contributed by atoms with Gasteiger partial charge in [0.05, 0.1) is 12.5 Å². The summed E-state index contributed by atoms with van der Waals surface area (Å²) in [4.78, 5) is 41.5. The third kappa shape index (κ3) is 3.24. The molecule has 7 nitrogen and oxygen atoms in total. The summed E-state index contributed by atoms with van der Waals surface area (Å²) in [5.41, 5.74) is -0.855. The number of methoxy groups -OCH3 is 1. The van der Waals surface area contributed by atoms with Gasteiger partial charge in [0.25, 0.3) is 5.91 Å². The molecule has 0 unspecified atom stereocenters. The lowest BCUT2D eigenvalue weighted by atomic mass is 9.77. The second-order valence-corrected chi connectivity index (χ2v) is 8.09. The molecule has 4 rings (SSSR count). The molecule has 1 aliphatic carbocycles. The van der Waals surface area contributed by atoms with Crippen molar-refractivity contribution in [1.82, 2.24) is 9.80 Å². The minimum atomic E-state index is -0.468. The van der Waals surface area contributed by atoms with Gasteiger partial charge < -0.3 is 19.0 Å². The van der Waals surface area contributed by atoms with Crippen molar-refractivity contribution in [3.8, 4) is 5.75 Å². The highest BCUT2D eigenvalue weighted by Crippen LogP contribution is 2.41. The van der Waals surface area contributed by atoms with E-state index in [1.165, 1.54) is 26.4 Å². The van der Waals surface area contributed by atoms with Crippen LogP contribution in [-0.4, -0.2) is 54.9 Å². The van der Waals surface area contributed by atoms with Crippen LogP contribution < -0.4 is 10.2 Å². The van der Waals surface area contributed by atoms with E-state index in [-0.39, 0.29) is 28.8 Å². The van der Waals surface area contributed by atoms with Gasteiger partial charge in [-0.05, 0) is 38.0 Å². The molecule has 146 valence electrons. The van der Waals surface area contributed by atoms with Crippen LogP contribution in [-0.2, 0) is 4.79 Å². The van der Waals surface area contributed by atoms with E-state index in [1.807, 2.05) is 4.90 Å². The molecule has 3 heterocycles. The Hall–Kier alpha value is -2.31. The zero-order chi connectivity index (χ0) is 19.0. The third-order valence-electron chi connectivity index (χ3n) is 6.40. The molecule has 0 N–H and O–H groups in total. The number of carbonyl (C=O) groups excluding carboxylic acids is 2. The first-order valence-electron chi connectivity index (χ1n) is 9.78. The summed E-state index contributed by atoms with van der Waals surface area (Å²) < 4.78 is 10.2. The van der Waals surface area contributed by atoms with Crippen molar-refractivity contribution < 1.29 is 18.7 Å². The van der Waals surface area contributed by atoms with E-state index in [9.17, 15) is 14.4 Å². The second kappa shape index (κ2) is 7.02. The average molecular weight is 374 g/mol. The smallest absolute Gasteiger partial charge is 0.289 e. The number of rotatable bonds is 4. The second-order valence-electron chi connectivity index (χ2n) is 8.09. The molecule has 27 heavy (non-hydrogen) atoms. The van der Waals surface area contributed by atoms with E-state index in [1.54, 1.807) is 4.90 Å². The Morgan fingerprint density at radius 2 is 2.07 bits per heavy atom. The van der Waals surface area contributed by atoms with Crippen molar-refractivity contribution in [2.24, 2.45) is 11.3 Å². The van der Waals surface area contributed by atoms with Gasteiger partial charge in [0.1, 0.15) is 6.26 Å². The molecule has 1 atom stereocenters. The standard InChI is InChI=1S/C20H26N2O5/c1-26-17-12-27-16(10-15(17)23)18(24)22-9-7-20(13-22)6-3-8-21(19(20)25)11-14-4-2-5-14/h10,12,14H,2-9,11,13H2,1H3/t20-/m1/s1. The maximum Gasteiger partial charge on any atom is 0.289 e. The number of nitrogens with zero attached hydrogens (tertiary/aromatic N) is 2. The Morgan fingerprint density at radius 3 is 2.74 bits per heavy atom. The lowest BCUT2D eigenvalue weighted by molar-refractivity contribution is -0.146. The number of piperidine rings is 1. The molecule has 3 fully saturated rings. The van der Waals surface area contributed by atoms with Gasteiger partial charge in [-0.25, -0.2) is 0 Å². The highest BCUT2D eigenvalue weighted by Gasteiger charge is 2.50. The van der Waals surface area contributed by atoms with Crippen molar-refractivity contribution in [3.63, 3.8) is 0 Å². The van der Waals surface area contributed by atoms with E-state index in [2.05, 4.69) is 0 Å². The Morgan fingerprint density at radius 1 is 1.26 bits per heavy atom.